The van der Waals surface area contributed by atoms with Crippen molar-refractivity contribution in [1.29, 1.82) is 0 Å². The lowest BCUT2D eigenvalue weighted by atomic mass is 10.1. The Kier molecular flexibility index (Phi) is 7.57. The summed E-state index contributed by atoms with van der Waals surface area (Å²) in [5.74, 6) is 1.34. The van der Waals surface area contributed by atoms with Gasteiger partial charge >= 0.3 is 0 Å². The van der Waals surface area contributed by atoms with E-state index in [-0.39, 0.29) is 23.4 Å². The molecule has 35 heavy (non-hydrogen) atoms. The Labute approximate surface area is 207 Å². The molecule has 2 aromatic carbocycles. The number of Topliss-reactive ketones (excluding diaryl/α,β-unsaturated/α-hetero) is 1. The summed E-state index contributed by atoms with van der Waals surface area (Å²) in [5, 5.41) is 12.2. The molecule has 0 saturated carbocycles. The van der Waals surface area contributed by atoms with E-state index >= 15 is 0 Å². The van der Waals surface area contributed by atoms with Gasteiger partial charge < -0.3 is 10.1 Å². The highest BCUT2D eigenvalue weighted by Gasteiger charge is 2.18. The number of nitrogens with one attached hydrogen (secondary N) is 1. The summed E-state index contributed by atoms with van der Waals surface area (Å²) in [6.07, 6.45) is 3.40. The van der Waals surface area contributed by atoms with Crippen molar-refractivity contribution in [3.05, 3.63) is 78.6 Å². The second-order valence-electron chi connectivity index (χ2n) is 8.01. The van der Waals surface area contributed by atoms with Gasteiger partial charge in [-0.1, -0.05) is 25.6 Å². The summed E-state index contributed by atoms with van der Waals surface area (Å²) in [7, 11) is 1.62. The van der Waals surface area contributed by atoms with E-state index in [4.69, 9.17) is 4.74 Å². The van der Waals surface area contributed by atoms with Crippen molar-refractivity contribution >= 4 is 29.1 Å². The molecular weight excluding hydrogens is 462 g/mol. The Balaban J connectivity index is 1.54. The van der Waals surface area contributed by atoms with Crippen LogP contribution in [0.3, 0.4) is 0 Å². The fourth-order valence-electron chi connectivity index (χ4n) is 3.25. The number of carbonyl (C=O) groups excluding carboxylic acids is 2. The molecule has 4 aromatic rings. The normalized spacial score (nSPS) is 10.9. The molecule has 1 amide bonds. The molecule has 1 N–H and O–H groups in total. The van der Waals surface area contributed by atoms with E-state index in [9.17, 15) is 9.59 Å². The topological polar surface area (TPSA) is 99.0 Å². The van der Waals surface area contributed by atoms with Crippen molar-refractivity contribution in [3.8, 4) is 22.8 Å². The van der Waals surface area contributed by atoms with Crippen LogP contribution in [0.5, 0.6) is 5.75 Å². The average Bonchev–Trinajstić information content (AvgIpc) is 3.32. The molecule has 0 radical (unpaired) electrons. The number of benzene rings is 2. The molecular formula is C26H25N5O3S. The number of amides is 1. The SMILES string of the molecule is COc1ccc(-n2c(SCC(=O)c3ccc(NC(=O)C(C)C)cc3)nnc2-c2ccncc2)cc1. The third kappa shape index (κ3) is 5.75. The number of aromatic nitrogens is 4. The second kappa shape index (κ2) is 11.0. The fraction of sp³-hybridized carbons (Fsp3) is 0.192. The van der Waals surface area contributed by atoms with Crippen molar-refractivity contribution in [3.63, 3.8) is 0 Å². The third-order valence-electron chi connectivity index (χ3n) is 5.23. The highest BCUT2D eigenvalue weighted by molar-refractivity contribution is 7.99. The molecule has 2 aromatic heterocycles. The number of anilines is 1. The summed E-state index contributed by atoms with van der Waals surface area (Å²) >= 11 is 1.31. The Morgan fingerprint density at radius 3 is 2.29 bits per heavy atom. The number of nitrogens with zero attached hydrogens (tertiary/aromatic N) is 4. The molecule has 0 fully saturated rings. The van der Waals surface area contributed by atoms with Crippen molar-refractivity contribution in [1.82, 2.24) is 19.7 Å². The van der Waals surface area contributed by atoms with Crippen LogP contribution in [0.2, 0.25) is 0 Å². The molecule has 8 nitrogen and oxygen atoms in total. The van der Waals surface area contributed by atoms with Crippen molar-refractivity contribution in [2.24, 2.45) is 5.92 Å². The van der Waals surface area contributed by atoms with Crippen LogP contribution in [-0.2, 0) is 4.79 Å². The van der Waals surface area contributed by atoms with Gasteiger partial charge in [0.1, 0.15) is 5.75 Å². The van der Waals surface area contributed by atoms with Crippen molar-refractivity contribution in [2.45, 2.75) is 19.0 Å². The minimum atomic E-state index is -0.118. The van der Waals surface area contributed by atoms with Gasteiger partial charge in [-0.3, -0.25) is 19.1 Å². The summed E-state index contributed by atoms with van der Waals surface area (Å²) in [4.78, 5) is 28.8. The Morgan fingerprint density at radius 2 is 1.66 bits per heavy atom. The first-order chi connectivity index (χ1) is 17.0. The number of pyridine rings is 1. The van der Waals surface area contributed by atoms with E-state index in [1.54, 1.807) is 43.8 Å². The predicted octanol–water partition coefficient (Wildman–Crippen LogP) is 4.91. The third-order valence-corrected chi connectivity index (χ3v) is 6.16. The van der Waals surface area contributed by atoms with Crippen LogP contribution in [0.15, 0.2) is 78.2 Å². The summed E-state index contributed by atoms with van der Waals surface area (Å²) < 4.78 is 7.19. The predicted molar refractivity (Wildman–Crippen MR) is 136 cm³/mol. The van der Waals surface area contributed by atoms with Crippen LogP contribution < -0.4 is 10.1 Å². The minimum Gasteiger partial charge on any atom is -0.497 e. The maximum Gasteiger partial charge on any atom is 0.226 e. The zero-order chi connectivity index (χ0) is 24.8. The minimum absolute atomic E-state index is 0.0496. The van der Waals surface area contributed by atoms with Crippen LogP contribution in [0.4, 0.5) is 5.69 Å². The van der Waals surface area contributed by atoms with E-state index in [0.29, 0.717) is 22.2 Å². The number of hydrogen-bond acceptors (Lipinski definition) is 7. The lowest BCUT2D eigenvalue weighted by molar-refractivity contribution is -0.118. The zero-order valence-electron chi connectivity index (χ0n) is 19.6. The molecule has 2 heterocycles. The molecule has 0 aliphatic carbocycles. The molecule has 0 aliphatic heterocycles. The van der Waals surface area contributed by atoms with E-state index in [1.807, 2.05) is 54.8 Å². The van der Waals surface area contributed by atoms with E-state index in [0.717, 1.165) is 17.0 Å². The molecule has 4 rings (SSSR count). The van der Waals surface area contributed by atoms with Crippen molar-refractivity contribution < 1.29 is 14.3 Å². The highest BCUT2D eigenvalue weighted by atomic mass is 32.2. The van der Waals surface area contributed by atoms with Gasteiger partial charge in [-0.25, -0.2) is 0 Å². The smallest absolute Gasteiger partial charge is 0.226 e. The molecule has 0 atom stereocenters. The second-order valence-corrected chi connectivity index (χ2v) is 8.95. The maximum absolute atomic E-state index is 12.9. The first-order valence-corrected chi connectivity index (χ1v) is 12.0. The van der Waals surface area contributed by atoms with E-state index in [1.165, 1.54) is 11.8 Å². The van der Waals surface area contributed by atoms with Crippen LogP contribution in [0.1, 0.15) is 24.2 Å². The number of ketones is 1. The van der Waals surface area contributed by atoms with Gasteiger partial charge in [0.15, 0.2) is 16.8 Å². The van der Waals surface area contributed by atoms with E-state index < -0.39 is 0 Å². The largest absolute Gasteiger partial charge is 0.497 e. The quantitative estimate of drug-likeness (QED) is 0.265. The van der Waals surface area contributed by atoms with Gasteiger partial charge in [0.25, 0.3) is 0 Å². The van der Waals surface area contributed by atoms with Gasteiger partial charge in [0, 0.05) is 40.8 Å². The number of methoxy groups -OCH3 is 1. The van der Waals surface area contributed by atoms with E-state index in [2.05, 4.69) is 20.5 Å². The van der Waals surface area contributed by atoms with Gasteiger partial charge in [0.2, 0.25) is 5.91 Å². The number of hydrogen-bond donors (Lipinski definition) is 1. The van der Waals surface area contributed by atoms with Gasteiger partial charge in [-0.05, 0) is 60.7 Å². The average molecular weight is 488 g/mol. The zero-order valence-corrected chi connectivity index (χ0v) is 20.5. The molecule has 0 bridgehead atoms. The number of ether oxygens (including phenoxy) is 1. The molecule has 0 spiro atoms. The number of rotatable bonds is 9. The lowest BCUT2D eigenvalue weighted by Gasteiger charge is -2.11. The van der Waals surface area contributed by atoms with Gasteiger partial charge in [-0.15, -0.1) is 10.2 Å². The number of thioether (sulfide) groups is 1. The first kappa shape index (κ1) is 24.2. The molecule has 178 valence electrons. The Morgan fingerprint density at radius 1 is 0.971 bits per heavy atom. The standard InChI is InChI=1S/C26H25N5O3S/c1-17(2)25(33)28-20-6-4-18(5-7-20)23(32)16-35-26-30-29-24(19-12-14-27-15-13-19)31(26)21-8-10-22(34-3)11-9-21/h4-15,17H,16H2,1-3H3,(H,28,33). The fourth-order valence-corrected chi connectivity index (χ4v) is 4.10. The van der Waals surface area contributed by atoms with Crippen LogP contribution in [0.25, 0.3) is 17.1 Å². The molecule has 9 heteroatoms. The van der Waals surface area contributed by atoms with Crippen molar-refractivity contribution in [2.75, 3.05) is 18.2 Å². The summed E-state index contributed by atoms with van der Waals surface area (Å²) in [6, 6.07) is 18.2. The highest BCUT2D eigenvalue weighted by Crippen LogP contribution is 2.29. The summed E-state index contributed by atoms with van der Waals surface area (Å²) in [6.45, 7) is 3.66. The summed E-state index contributed by atoms with van der Waals surface area (Å²) in [5.41, 5.74) is 2.93. The molecule has 0 aliphatic rings. The van der Waals surface area contributed by atoms with Gasteiger partial charge in [-0.2, -0.15) is 0 Å². The molecule has 0 saturated heterocycles. The Hall–Kier alpha value is -3.98. The van der Waals surface area contributed by atoms with Crippen LogP contribution in [-0.4, -0.2) is 44.3 Å². The monoisotopic (exact) mass is 487 g/mol. The lowest BCUT2D eigenvalue weighted by Crippen LogP contribution is -2.17. The maximum atomic E-state index is 12.9. The number of carbonyl (C=O) groups is 2. The van der Waals surface area contributed by atoms with Gasteiger partial charge in [0.05, 0.1) is 12.9 Å². The first-order valence-electron chi connectivity index (χ1n) is 11.0. The molecule has 0 unspecified atom stereocenters. The van der Waals surface area contributed by atoms with Crippen LogP contribution >= 0.6 is 11.8 Å². The Bertz CT molecular complexity index is 1300. The van der Waals surface area contributed by atoms with Crippen LogP contribution in [0, 0.1) is 5.92 Å².